The van der Waals surface area contributed by atoms with E-state index in [1.165, 1.54) is 0 Å². The summed E-state index contributed by atoms with van der Waals surface area (Å²) < 4.78 is 2.00. The van der Waals surface area contributed by atoms with E-state index >= 15 is 0 Å². The number of Topliss-reactive ketones (excluding diaryl/α,β-unsaturated/α-hetero) is 1. The minimum absolute atomic E-state index is 0.0212. The molecule has 32 heavy (non-hydrogen) atoms. The third-order valence-electron chi connectivity index (χ3n) is 6.68. The average molecular weight is 554 g/mol. The predicted octanol–water partition coefficient (Wildman–Crippen LogP) is 7.18. The van der Waals surface area contributed by atoms with E-state index in [0.717, 1.165) is 42.9 Å². The molecule has 2 aromatic carbocycles. The zero-order valence-electron chi connectivity index (χ0n) is 18.2. The minimum Gasteiger partial charge on any atom is -0.506 e. The average Bonchev–Trinajstić information content (AvgIpc) is 3.13. The highest BCUT2D eigenvalue weighted by Gasteiger charge is 2.40. The first-order valence-electron chi connectivity index (χ1n) is 10.4. The normalized spacial score (nSPS) is 22.6. The van der Waals surface area contributed by atoms with Crippen LogP contribution in [-0.2, 0) is 15.6 Å². The van der Waals surface area contributed by atoms with Crippen LogP contribution in [0.4, 0.5) is 11.4 Å². The van der Waals surface area contributed by atoms with Gasteiger partial charge in [-0.2, -0.15) is 0 Å². The van der Waals surface area contributed by atoms with E-state index in [-0.39, 0.29) is 22.4 Å². The Balaban J connectivity index is 1.49. The number of aliphatic hydroxyl groups excluding tert-OH is 1. The molecule has 1 aliphatic carbocycles. The second-order valence-corrected chi connectivity index (χ2v) is 11.3. The van der Waals surface area contributed by atoms with Crippen LogP contribution in [0.1, 0.15) is 38.8 Å². The van der Waals surface area contributed by atoms with Crippen LogP contribution in [0.25, 0.3) is 0 Å². The molecule has 0 bridgehead atoms. The number of halogens is 2. The third-order valence-corrected chi connectivity index (χ3v) is 7.67. The lowest BCUT2D eigenvalue weighted by molar-refractivity contribution is -0.113. The molecule has 3 aliphatic rings. The van der Waals surface area contributed by atoms with E-state index in [9.17, 15) is 9.90 Å². The molecular weight excluding hydrogens is 532 g/mol. The van der Waals surface area contributed by atoms with Gasteiger partial charge in [0.1, 0.15) is 5.76 Å². The Morgan fingerprint density at radius 3 is 2.28 bits per heavy atom. The molecule has 0 unspecified atom stereocenters. The first-order chi connectivity index (χ1) is 15.0. The smallest absolute Gasteiger partial charge is 0.200 e. The van der Waals surface area contributed by atoms with E-state index in [1.807, 2.05) is 24.3 Å². The molecule has 0 saturated heterocycles. The number of hydrogen-bond donors (Lipinski definition) is 2. The van der Waals surface area contributed by atoms with Crippen molar-refractivity contribution in [2.75, 3.05) is 5.32 Å². The van der Waals surface area contributed by atoms with Gasteiger partial charge in [-0.15, -0.1) is 0 Å². The van der Waals surface area contributed by atoms with Crippen molar-refractivity contribution in [2.45, 2.75) is 38.5 Å². The molecule has 5 rings (SSSR count). The van der Waals surface area contributed by atoms with Crippen molar-refractivity contribution < 1.29 is 9.90 Å². The zero-order valence-corrected chi connectivity index (χ0v) is 21.3. The molecule has 0 fully saturated rings. The van der Waals surface area contributed by atoms with Crippen molar-refractivity contribution in [3.05, 3.63) is 91.2 Å². The summed E-state index contributed by atoms with van der Waals surface area (Å²) in [6.07, 6.45) is 3.50. The van der Waals surface area contributed by atoms with Gasteiger partial charge in [-0.05, 0) is 59.7 Å². The number of carbonyl (C=O) groups excluding carboxylic acids is 1. The highest BCUT2D eigenvalue weighted by atomic mass is 79.9. The largest absolute Gasteiger partial charge is 0.506 e. The molecule has 2 N–H and O–H groups in total. The maximum absolute atomic E-state index is 13.0. The number of fused-ring (bicyclic) bond motifs is 2. The SMILES string of the molecule is CC1(C)C(/C=C2\C(=O)C(/C=C3\Nc4ccc(Br)cc4C3(C)C)=C2O)=Nc2ccc(Br)cc21. The van der Waals surface area contributed by atoms with Crippen LogP contribution in [0.3, 0.4) is 0 Å². The number of aliphatic hydroxyl groups is 1. The van der Waals surface area contributed by atoms with Gasteiger partial charge < -0.3 is 10.4 Å². The minimum atomic E-state index is -0.356. The Kier molecular flexibility index (Phi) is 4.70. The lowest BCUT2D eigenvalue weighted by atomic mass is 9.77. The maximum Gasteiger partial charge on any atom is 0.200 e. The van der Waals surface area contributed by atoms with E-state index in [0.29, 0.717) is 11.1 Å². The van der Waals surface area contributed by atoms with Crippen LogP contribution < -0.4 is 5.32 Å². The number of ketones is 1. The van der Waals surface area contributed by atoms with Gasteiger partial charge in [0.2, 0.25) is 5.78 Å². The Morgan fingerprint density at radius 1 is 0.938 bits per heavy atom. The van der Waals surface area contributed by atoms with Crippen molar-refractivity contribution in [1.29, 1.82) is 0 Å². The zero-order chi connectivity index (χ0) is 23.0. The summed E-state index contributed by atoms with van der Waals surface area (Å²) in [7, 11) is 0. The van der Waals surface area contributed by atoms with Crippen LogP contribution >= 0.6 is 31.9 Å². The number of allylic oxidation sites excluding steroid dienone is 5. The quantitative estimate of drug-likeness (QED) is 0.387. The maximum atomic E-state index is 13.0. The number of benzene rings is 2. The number of carbonyl (C=O) groups is 1. The van der Waals surface area contributed by atoms with E-state index < -0.39 is 0 Å². The molecule has 2 heterocycles. The van der Waals surface area contributed by atoms with Crippen molar-refractivity contribution in [1.82, 2.24) is 0 Å². The lowest BCUT2D eigenvalue weighted by Gasteiger charge is -2.25. The van der Waals surface area contributed by atoms with Gasteiger partial charge in [0, 0.05) is 31.2 Å². The first kappa shape index (κ1) is 21.4. The molecule has 0 amide bonds. The van der Waals surface area contributed by atoms with Crippen LogP contribution in [-0.4, -0.2) is 16.6 Å². The second-order valence-electron chi connectivity index (χ2n) is 9.43. The summed E-state index contributed by atoms with van der Waals surface area (Å²) in [6.45, 7) is 8.36. The van der Waals surface area contributed by atoms with Gasteiger partial charge in [0.25, 0.3) is 0 Å². The van der Waals surface area contributed by atoms with Gasteiger partial charge in [-0.25, -0.2) is 0 Å². The van der Waals surface area contributed by atoms with Crippen molar-refractivity contribution in [3.8, 4) is 0 Å². The molecule has 2 aliphatic heterocycles. The Morgan fingerprint density at radius 2 is 1.59 bits per heavy atom. The van der Waals surface area contributed by atoms with Gasteiger partial charge in [-0.1, -0.05) is 59.6 Å². The van der Waals surface area contributed by atoms with E-state index in [2.05, 4.69) is 77.0 Å². The number of nitrogens with zero attached hydrogens (tertiary/aromatic N) is 1. The van der Waals surface area contributed by atoms with Crippen molar-refractivity contribution >= 4 is 54.7 Å². The predicted molar refractivity (Wildman–Crippen MR) is 136 cm³/mol. The second kappa shape index (κ2) is 7.03. The Labute approximate surface area is 204 Å². The molecule has 0 saturated carbocycles. The molecule has 4 nitrogen and oxygen atoms in total. The summed E-state index contributed by atoms with van der Waals surface area (Å²) in [6, 6.07) is 12.1. The molecular formula is C26H22Br2N2O2. The highest BCUT2D eigenvalue weighted by Crippen LogP contribution is 2.46. The van der Waals surface area contributed by atoms with Crippen LogP contribution in [0.2, 0.25) is 0 Å². The number of anilines is 1. The summed E-state index contributed by atoms with van der Waals surface area (Å²) in [5.74, 6) is -0.145. The number of nitrogens with one attached hydrogen (secondary N) is 1. The summed E-state index contributed by atoms with van der Waals surface area (Å²) >= 11 is 7.05. The lowest BCUT2D eigenvalue weighted by Crippen LogP contribution is -2.28. The summed E-state index contributed by atoms with van der Waals surface area (Å²) in [5.41, 5.74) is 5.77. The van der Waals surface area contributed by atoms with Gasteiger partial charge >= 0.3 is 0 Å². The first-order valence-corrected chi connectivity index (χ1v) is 12.0. The van der Waals surface area contributed by atoms with Crippen molar-refractivity contribution in [2.24, 2.45) is 4.99 Å². The molecule has 162 valence electrons. The van der Waals surface area contributed by atoms with Gasteiger partial charge in [0.15, 0.2) is 0 Å². The molecule has 0 radical (unpaired) electrons. The Bertz CT molecular complexity index is 1340. The fourth-order valence-corrected chi connectivity index (χ4v) is 5.25. The molecule has 2 aromatic rings. The van der Waals surface area contributed by atoms with E-state index in [4.69, 9.17) is 4.99 Å². The van der Waals surface area contributed by atoms with Gasteiger partial charge in [-0.3, -0.25) is 9.79 Å². The monoisotopic (exact) mass is 552 g/mol. The van der Waals surface area contributed by atoms with E-state index in [1.54, 1.807) is 12.2 Å². The fraction of sp³-hybridized carbons (Fsp3) is 0.231. The number of aliphatic imine (C=N–C) groups is 1. The van der Waals surface area contributed by atoms with Crippen molar-refractivity contribution in [3.63, 3.8) is 0 Å². The molecule has 6 heteroatoms. The number of hydrogen-bond acceptors (Lipinski definition) is 4. The molecule has 0 atom stereocenters. The third kappa shape index (κ3) is 3.07. The summed E-state index contributed by atoms with van der Waals surface area (Å²) in [5, 5.41) is 14.2. The fourth-order valence-electron chi connectivity index (χ4n) is 4.52. The van der Waals surface area contributed by atoms with Crippen LogP contribution in [0.5, 0.6) is 0 Å². The molecule has 0 spiro atoms. The van der Waals surface area contributed by atoms with Crippen LogP contribution in [0.15, 0.2) is 85.1 Å². The van der Waals surface area contributed by atoms with Gasteiger partial charge in [0.05, 0.1) is 22.5 Å². The summed E-state index contributed by atoms with van der Waals surface area (Å²) in [4.78, 5) is 17.7. The number of rotatable bonds is 2. The molecule has 0 aromatic heterocycles. The van der Waals surface area contributed by atoms with Crippen LogP contribution in [0, 0.1) is 0 Å². The standard InChI is InChI=1S/C26H22Br2N2O2/c1-25(2)17-9-13(27)5-7-19(17)29-21(25)11-15-23(31)16(24(15)32)12-22-26(3,4)18-10-14(28)6-8-20(18)30-22/h5-12,29,31H,1-4H3/b16-12-,21-11-. The highest BCUT2D eigenvalue weighted by molar-refractivity contribution is 9.10. The Hall–Kier alpha value is -2.44. The topological polar surface area (TPSA) is 61.7 Å².